The van der Waals surface area contributed by atoms with E-state index in [-0.39, 0.29) is 35.1 Å². The Bertz CT molecular complexity index is 1590. The maximum atomic E-state index is 15.6. The molecule has 6 rings (SSSR count). The molecule has 1 aromatic heterocycles. The van der Waals surface area contributed by atoms with Crippen molar-refractivity contribution < 1.29 is 33.0 Å². The number of carbonyl (C=O) groups excluding carboxylic acids is 3. The van der Waals surface area contributed by atoms with Crippen LogP contribution in [0.3, 0.4) is 0 Å². The highest BCUT2D eigenvalue weighted by Crippen LogP contribution is 2.38. The first-order valence-electron chi connectivity index (χ1n) is 15.2. The van der Waals surface area contributed by atoms with Crippen LogP contribution in [0, 0.1) is 5.82 Å². The lowest BCUT2D eigenvalue weighted by Crippen LogP contribution is -2.50. The number of rotatable bonds is 6. The van der Waals surface area contributed by atoms with Gasteiger partial charge in [-0.2, -0.15) is 0 Å². The van der Waals surface area contributed by atoms with Crippen LogP contribution in [0.4, 0.5) is 19.6 Å². The minimum atomic E-state index is -1.04. The number of nitrogens with zero attached hydrogens (tertiary/aromatic N) is 5. The third kappa shape index (κ3) is 6.23. The molecule has 45 heavy (non-hydrogen) atoms. The number of carbonyl (C=O) groups is 3. The van der Waals surface area contributed by atoms with Gasteiger partial charge in [0.25, 0.3) is 5.91 Å². The zero-order valence-corrected chi connectivity index (χ0v) is 26.0. The normalized spacial score (nSPS) is 16.6. The van der Waals surface area contributed by atoms with Crippen LogP contribution >= 0.6 is 0 Å². The van der Waals surface area contributed by atoms with E-state index >= 15 is 4.39 Å². The quantitative estimate of drug-likeness (QED) is 0.353. The fourth-order valence-corrected chi connectivity index (χ4v) is 6.24. The van der Waals surface area contributed by atoms with Gasteiger partial charge >= 0.3 is 12.1 Å². The summed E-state index contributed by atoms with van der Waals surface area (Å²) >= 11 is 0. The van der Waals surface area contributed by atoms with Crippen LogP contribution in [0.2, 0.25) is 0 Å². The molecule has 0 aliphatic carbocycles. The molecule has 2 aromatic carbocycles. The predicted octanol–water partition coefficient (Wildman–Crippen LogP) is 5.11. The van der Waals surface area contributed by atoms with Crippen LogP contribution in [0.15, 0.2) is 42.7 Å². The fraction of sp³-hybridized carbons (Fsp3) is 0.455. The van der Waals surface area contributed by atoms with E-state index in [2.05, 4.69) is 9.88 Å². The lowest BCUT2D eigenvalue weighted by molar-refractivity contribution is -0.149. The summed E-state index contributed by atoms with van der Waals surface area (Å²) in [5, 5.41) is 0. The molecule has 0 N–H and O–H groups in total. The third-order valence-corrected chi connectivity index (χ3v) is 8.38. The first-order chi connectivity index (χ1) is 21.0. The highest BCUT2D eigenvalue weighted by molar-refractivity contribution is 6.02. The van der Waals surface area contributed by atoms with Crippen LogP contribution in [0.1, 0.15) is 67.5 Å². The van der Waals surface area contributed by atoms with Gasteiger partial charge in [-0.3, -0.25) is 9.50 Å². The van der Waals surface area contributed by atoms with Gasteiger partial charge in [0.05, 0.1) is 25.2 Å². The number of aryl methyl sites for hydroxylation is 1. The summed E-state index contributed by atoms with van der Waals surface area (Å²) in [6, 6.07) is 9.85. The molecule has 0 saturated carbocycles. The van der Waals surface area contributed by atoms with E-state index in [0.717, 1.165) is 36.3 Å². The van der Waals surface area contributed by atoms with Crippen LogP contribution < -0.4 is 4.90 Å². The maximum Gasteiger partial charge on any atom is 0.410 e. The van der Waals surface area contributed by atoms with E-state index in [1.807, 2.05) is 49.6 Å². The number of hydrogen-bond donors (Lipinski definition) is 0. The third-order valence-electron chi connectivity index (χ3n) is 8.38. The van der Waals surface area contributed by atoms with Gasteiger partial charge < -0.3 is 28.7 Å². The molecule has 1 atom stereocenters. The largest absolute Gasteiger partial charge is 0.464 e. The van der Waals surface area contributed by atoms with Gasteiger partial charge in [-0.25, -0.2) is 19.0 Å². The number of aromatic nitrogens is 2. The molecule has 12 heteroatoms. The Kier molecular flexibility index (Phi) is 8.86. The summed E-state index contributed by atoms with van der Waals surface area (Å²) < 4.78 is 28.4. The van der Waals surface area contributed by atoms with Gasteiger partial charge in [-0.05, 0) is 75.9 Å². The molecule has 3 aromatic rings. The lowest BCUT2D eigenvalue weighted by atomic mass is 9.99. The summed E-state index contributed by atoms with van der Waals surface area (Å²) in [5.74, 6) is -1.48. The van der Waals surface area contributed by atoms with Gasteiger partial charge in [0.15, 0.2) is 6.04 Å². The Hall–Kier alpha value is -4.48. The number of fused-ring (bicyclic) bond motifs is 2. The van der Waals surface area contributed by atoms with E-state index in [4.69, 9.17) is 9.47 Å². The van der Waals surface area contributed by atoms with Crippen molar-refractivity contribution in [3.8, 4) is 11.1 Å². The van der Waals surface area contributed by atoms with Crippen LogP contribution in [0.25, 0.3) is 11.1 Å². The highest BCUT2D eigenvalue weighted by Gasteiger charge is 2.42. The molecule has 10 nitrogen and oxygen atoms in total. The predicted molar refractivity (Wildman–Crippen MR) is 164 cm³/mol. The molecule has 0 bridgehead atoms. The van der Waals surface area contributed by atoms with Gasteiger partial charge in [0.1, 0.15) is 11.4 Å². The van der Waals surface area contributed by atoms with Crippen LogP contribution in [-0.2, 0) is 33.8 Å². The molecule has 0 radical (unpaired) electrons. The molecule has 3 aliphatic heterocycles. The fourth-order valence-electron chi connectivity index (χ4n) is 6.24. The molecular formula is C33H39F2N5O5. The number of ether oxygens (including phenoxy) is 2. The average Bonchev–Trinajstić information content (AvgIpc) is 3.70. The van der Waals surface area contributed by atoms with Gasteiger partial charge in [0.2, 0.25) is 0 Å². The number of piperazine rings is 1. The van der Waals surface area contributed by atoms with Crippen molar-refractivity contribution in [2.75, 3.05) is 37.7 Å². The molecule has 3 aliphatic rings. The van der Waals surface area contributed by atoms with Crippen LogP contribution in [-0.4, -0.2) is 75.7 Å². The first kappa shape index (κ1) is 31.9. The SMILES string of the molecule is CCOC(=O)C(c1ncn2c1CCC2)N1Cc2c(F)cc(-c3ccc(N4CCN(C(=O)OC(C)(C)C)CC4)cc3)cc2C1=O.F. The Labute approximate surface area is 261 Å². The summed E-state index contributed by atoms with van der Waals surface area (Å²) in [5.41, 5.74) is 3.73. The lowest BCUT2D eigenvalue weighted by Gasteiger charge is -2.36. The minimum Gasteiger partial charge on any atom is -0.464 e. The number of imidazole rings is 1. The molecule has 2 amide bonds. The number of benzene rings is 2. The van der Waals surface area contributed by atoms with Crippen molar-refractivity contribution in [2.24, 2.45) is 0 Å². The summed E-state index contributed by atoms with van der Waals surface area (Å²) in [6.07, 6.45) is 3.09. The molecule has 1 unspecified atom stereocenters. The first-order valence-corrected chi connectivity index (χ1v) is 15.2. The zero-order chi connectivity index (χ0) is 31.2. The van der Waals surface area contributed by atoms with E-state index in [0.29, 0.717) is 37.4 Å². The second-order valence-electron chi connectivity index (χ2n) is 12.4. The Morgan fingerprint density at radius 1 is 1.02 bits per heavy atom. The molecule has 1 fully saturated rings. The number of hydrogen-bond acceptors (Lipinski definition) is 7. The summed E-state index contributed by atoms with van der Waals surface area (Å²) in [4.78, 5) is 49.1. The average molecular weight is 624 g/mol. The second kappa shape index (κ2) is 12.5. The van der Waals surface area contributed by atoms with Crippen molar-refractivity contribution in [3.05, 3.63) is 71.1 Å². The van der Waals surface area contributed by atoms with Gasteiger partial charge in [-0.15, -0.1) is 0 Å². The van der Waals surface area contributed by atoms with Gasteiger partial charge in [-0.1, -0.05) is 12.1 Å². The van der Waals surface area contributed by atoms with E-state index in [1.165, 1.54) is 11.0 Å². The van der Waals surface area contributed by atoms with E-state index in [1.54, 1.807) is 24.2 Å². The Morgan fingerprint density at radius 2 is 1.73 bits per heavy atom. The van der Waals surface area contributed by atoms with Crippen molar-refractivity contribution in [1.29, 1.82) is 0 Å². The molecular weight excluding hydrogens is 584 g/mol. The Morgan fingerprint density at radius 3 is 2.40 bits per heavy atom. The van der Waals surface area contributed by atoms with Crippen LogP contribution in [0.5, 0.6) is 0 Å². The van der Waals surface area contributed by atoms with Gasteiger partial charge in [0, 0.05) is 55.2 Å². The number of amides is 2. The van der Waals surface area contributed by atoms with E-state index < -0.39 is 29.3 Å². The van der Waals surface area contributed by atoms with Crippen molar-refractivity contribution in [1.82, 2.24) is 19.4 Å². The number of anilines is 1. The Balaban J connectivity index is 0.00000400. The minimum absolute atomic E-state index is 0. The zero-order valence-electron chi connectivity index (χ0n) is 26.0. The standard InChI is InChI=1S/C33H38FN5O5.FH/c1-5-43-31(41)29(28-27-7-6-12-38(27)20-35-28)39-19-25-24(30(39)40)17-22(18-26(25)34)21-8-10-23(11-9-21)36-13-15-37(16-14-36)32(42)44-33(2,3)4;/h8-11,17-18,20,29H,5-7,12-16,19H2,1-4H3;1H. The molecule has 1 saturated heterocycles. The van der Waals surface area contributed by atoms with E-state index in [9.17, 15) is 14.4 Å². The number of esters is 1. The van der Waals surface area contributed by atoms with Crippen molar-refractivity contribution in [3.63, 3.8) is 0 Å². The van der Waals surface area contributed by atoms with Crippen molar-refractivity contribution >= 4 is 23.7 Å². The molecule has 240 valence electrons. The topological polar surface area (TPSA) is 97.2 Å². The highest BCUT2D eigenvalue weighted by atomic mass is 19.1. The van der Waals surface area contributed by atoms with Crippen molar-refractivity contribution in [2.45, 2.75) is 65.3 Å². The summed E-state index contributed by atoms with van der Waals surface area (Å²) in [7, 11) is 0. The monoisotopic (exact) mass is 623 g/mol. The summed E-state index contributed by atoms with van der Waals surface area (Å²) in [6.45, 7) is 10.7. The smallest absolute Gasteiger partial charge is 0.410 e. The maximum absolute atomic E-state index is 15.6. The molecule has 0 spiro atoms. The molecule has 4 heterocycles. The second-order valence-corrected chi connectivity index (χ2v) is 12.4. The number of halogens is 2.